The average molecular weight is 319 g/mol. The fraction of sp³-hybridized carbons (Fsp3) is 0.267. The number of hydrogen-bond acceptors (Lipinski definition) is 5. The van der Waals surface area contributed by atoms with Gasteiger partial charge in [0.1, 0.15) is 5.82 Å². The molecule has 0 fully saturated rings. The molecule has 22 heavy (non-hydrogen) atoms. The summed E-state index contributed by atoms with van der Waals surface area (Å²) in [6.07, 6.45) is 0. The molecule has 0 spiro atoms. The number of rotatable bonds is 4. The van der Waals surface area contributed by atoms with Gasteiger partial charge in [-0.15, -0.1) is 16.4 Å². The Morgan fingerprint density at radius 1 is 1.32 bits per heavy atom. The smallest absolute Gasteiger partial charge is 0.388 e. The monoisotopic (exact) mass is 319 g/mol. The van der Waals surface area contributed by atoms with Gasteiger partial charge >= 0.3 is 5.76 Å². The van der Waals surface area contributed by atoms with E-state index >= 15 is 0 Å². The maximum atomic E-state index is 12.9. The van der Waals surface area contributed by atoms with Crippen molar-refractivity contribution in [2.45, 2.75) is 26.3 Å². The van der Waals surface area contributed by atoms with Gasteiger partial charge in [0.25, 0.3) is 0 Å². The van der Waals surface area contributed by atoms with Gasteiger partial charge in [-0.2, -0.15) is 4.68 Å². The van der Waals surface area contributed by atoms with E-state index in [1.165, 1.54) is 28.9 Å². The van der Waals surface area contributed by atoms with Crippen LogP contribution in [0.1, 0.15) is 30.5 Å². The second-order valence-electron chi connectivity index (χ2n) is 5.17. The van der Waals surface area contributed by atoms with Gasteiger partial charge in [0, 0.05) is 16.9 Å². The average Bonchev–Trinajstić information content (AvgIpc) is 3.08. The number of benzene rings is 1. The van der Waals surface area contributed by atoms with Gasteiger partial charge < -0.3 is 4.42 Å². The summed E-state index contributed by atoms with van der Waals surface area (Å²) in [5, 5.41) is 7.07. The molecule has 0 amide bonds. The molecule has 0 aliphatic heterocycles. The van der Waals surface area contributed by atoms with Crippen molar-refractivity contribution in [2.24, 2.45) is 0 Å². The van der Waals surface area contributed by atoms with Crippen LogP contribution in [-0.4, -0.2) is 14.8 Å². The zero-order valence-corrected chi connectivity index (χ0v) is 12.9. The Hall–Kier alpha value is -2.28. The summed E-state index contributed by atoms with van der Waals surface area (Å²) in [5.74, 6) is -0.389. The molecule has 0 aliphatic carbocycles. The Kier molecular flexibility index (Phi) is 3.89. The third-order valence-electron chi connectivity index (χ3n) is 3.07. The van der Waals surface area contributed by atoms with Gasteiger partial charge in [-0.3, -0.25) is 0 Å². The molecular formula is C15H14FN3O2S. The van der Waals surface area contributed by atoms with Crippen molar-refractivity contribution in [3.8, 4) is 11.5 Å². The summed E-state index contributed by atoms with van der Waals surface area (Å²) in [6.45, 7) is 4.39. The molecule has 3 rings (SSSR count). The first-order valence-electron chi connectivity index (χ1n) is 6.81. The number of halogens is 1. The van der Waals surface area contributed by atoms with Crippen molar-refractivity contribution in [3.05, 3.63) is 56.7 Å². The van der Waals surface area contributed by atoms with Crippen LogP contribution >= 0.6 is 11.3 Å². The molecule has 3 aromatic rings. The van der Waals surface area contributed by atoms with Crippen LogP contribution in [0.5, 0.6) is 0 Å². The lowest BCUT2D eigenvalue weighted by molar-refractivity contribution is 0.493. The van der Waals surface area contributed by atoms with Crippen LogP contribution in [0, 0.1) is 5.82 Å². The summed E-state index contributed by atoms with van der Waals surface area (Å²) in [7, 11) is 0. The van der Waals surface area contributed by atoms with E-state index in [0.717, 1.165) is 10.7 Å². The summed E-state index contributed by atoms with van der Waals surface area (Å²) in [6, 6.07) is 5.63. The first-order chi connectivity index (χ1) is 10.5. The minimum absolute atomic E-state index is 0.171. The fourth-order valence-electron chi connectivity index (χ4n) is 1.93. The van der Waals surface area contributed by atoms with Crippen molar-refractivity contribution in [2.75, 3.05) is 0 Å². The van der Waals surface area contributed by atoms with Crippen LogP contribution < -0.4 is 5.76 Å². The molecule has 0 unspecified atom stereocenters. The Morgan fingerprint density at radius 2 is 2.05 bits per heavy atom. The van der Waals surface area contributed by atoms with Gasteiger partial charge in [0.05, 0.1) is 17.2 Å². The van der Waals surface area contributed by atoms with E-state index in [9.17, 15) is 9.18 Å². The van der Waals surface area contributed by atoms with E-state index in [0.29, 0.717) is 11.5 Å². The maximum absolute atomic E-state index is 12.9. The SMILES string of the molecule is CC(C)c1nc(Cn2nc(-c3ccc(F)cc3)oc2=O)cs1. The molecule has 0 radical (unpaired) electrons. The molecular weight excluding hydrogens is 305 g/mol. The van der Waals surface area contributed by atoms with Crippen molar-refractivity contribution >= 4 is 11.3 Å². The van der Waals surface area contributed by atoms with Gasteiger partial charge in [-0.05, 0) is 24.3 Å². The molecule has 0 atom stereocenters. The Bertz CT molecular complexity index is 833. The Morgan fingerprint density at radius 3 is 2.68 bits per heavy atom. The van der Waals surface area contributed by atoms with E-state index < -0.39 is 5.76 Å². The van der Waals surface area contributed by atoms with Crippen LogP contribution in [0.2, 0.25) is 0 Å². The molecule has 2 aromatic heterocycles. The first-order valence-corrected chi connectivity index (χ1v) is 7.69. The molecule has 1 aromatic carbocycles. The molecule has 2 heterocycles. The topological polar surface area (TPSA) is 60.9 Å². The maximum Gasteiger partial charge on any atom is 0.437 e. The summed E-state index contributed by atoms with van der Waals surface area (Å²) in [4.78, 5) is 16.3. The zero-order valence-electron chi connectivity index (χ0n) is 12.1. The van der Waals surface area contributed by atoms with Crippen LogP contribution in [0.15, 0.2) is 38.9 Å². The zero-order chi connectivity index (χ0) is 15.7. The summed E-state index contributed by atoms with van der Waals surface area (Å²) < 4.78 is 19.3. The van der Waals surface area contributed by atoms with Crippen molar-refractivity contribution in [1.29, 1.82) is 0 Å². The van der Waals surface area contributed by atoms with E-state index in [4.69, 9.17) is 4.42 Å². The van der Waals surface area contributed by atoms with Crippen LogP contribution in [0.4, 0.5) is 4.39 Å². The van der Waals surface area contributed by atoms with E-state index in [-0.39, 0.29) is 18.3 Å². The van der Waals surface area contributed by atoms with Crippen LogP contribution in [-0.2, 0) is 6.54 Å². The predicted octanol–water partition coefficient (Wildman–Crippen LogP) is 3.27. The van der Waals surface area contributed by atoms with E-state index in [1.807, 2.05) is 5.38 Å². The highest BCUT2D eigenvalue weighted by Gasteiger charge is 2.13. The predicted molar refractivity (Wildman–Crippen MR) is 81.5 cm³/mol. The molecule has 0 bridgehead atoms. The van der Waals surface area contributed by atoms with Crippen LogP contribution in [0.25, 0.3) is 11.5 Å². The second kappa shape index (κ2) is 5.84. The van der Waals surface area contributed by atoms with Gasteiger partial charge in [0.15, 0.2) is 0 Å². The third-order valence-corrected chi connectivity index (χ3v) is 4.27. The van der Waals surface area contributed by atoms with E-state index in [2.05, 4.69) is 23.9 Å². The molecule has 7 heteroatoms. The lowest BCUT2D eigenvalue weighted by Crippen LogP contribution is -2.16. The minimum Gasteiger partial charge on any atom is -0.388 e. The molecule has 5 nitrogen and oxygen atoms in total. The number of hydrogen-bond donors (Lipinski definition) is 0. The van der Waals surface area contributed by atoms with E-state index in [1.54, 1.807) is 11.3 Å². The fourth-order valence-corrected chi connectivity index (χ4v) is 2.76. The minimum atomic E-state index is -0.557. The lowest BCUT2D eigenvalue weighted by atomic mass is 10.2. The van der Waals surface area contributed by atoms with Gasteiger partial charge in [-0.25, -0.2) is 14.2 Å². The highest BCUT2D eigenvalue weighted by atomic mass is 32.1. The van der Waals surface area contributed by atoms with Crippen molar-refractivity contribution < 1.29 is 8.81 Å². The van der Waals surface area contributed by atoms with Crippen molar-refractivity contribution in [1.82, 2.24) is 14.8 Å². The normalized spacial score (nSPS) is 11.3. The van der Waals surface area contributed by atoms with Crippen molar-refractivity contribution in [3.63, 3.8) is 0 Å². The van der Waals surface area contributed by atoms with Gasteiger partial charge in [-0.1, -0.05) is 13.8 Å². The summed E-state index contributed by atoms with van der Waals surface area (Å²) >= 11 is 1.56. The number of thiazole rings is 1. The molecule has 114 valence electrons. The Labute approximate surface area is 130 Å². The second-order valence-corrected chi connectivity index (χ2v) is 6.06. The number of aromatic nitrogens is 3. The largest absolute Gasteiger partial charge is 0.437 e. The quantitative estimate of drug-likeness (QED) is 0.740. The molecule has 0 saturated heterocycles. The highest BCUT2D eigenvalue weighted by molar-refractivity contribution is 7.09. The highest BCUT2D eigenvalue weighted by Crippen LogP contribution is 2.20. The lowest BCUT2D eigenvalue weighted by Gasteiger charge is -1.97. The summed E-state index contributed by atoms with van der Waals surface area (Å²) in [5.41, 5.74) is 1.33. The Balaban J connectivity index is 1.85. The molecule has 0 aliphatic rings. The first kappa shape index (κ1) is 14.6. The standard InChI is InChI=1S/C15H14FN3O2S/c1-9(2)14-17-12(8-22-14)7-19-15(20)21-13(18-19)10-3-5-11(16)6-4-10/h3-6,8-9H,7H2,1-2H3. The third kappa shape index (κ3) is 2.99. The number of nitrogens with zero attached hydrogens (tertiary/aromatic N) is 3. The van der Waals surface area contributed by atoms with Gasteiger partial charge in [0.2, 0.25) is 5.89 Å². The molecule has 0 N–H and O–H groups in total. The molecule has 0 saturated carbocycles. The van der Waals surface area contributed by atoms with Crippen LogP contribution in [0.3, 0.4) is 0 Å².